The molecular formula is C17H19ClFN. The largest absolute Gasteiger partial charge is 0.321 e. The summed E-state index contributed by atoms with van der Waals surface area (Å²) in [5.41, 5.74) is 7.89. The summed E-state index contributed by atoms with van der Waals surface area (Å²) in [7, 11) is 0. The van der Waals surface area contributed by atoms with Crippen LogP contribution in [-0.4, -0.2) is 0 Å². The zero-order chi connectivity index (χ0) is 14.6. The molecule has 2 aromatic rings. The molecule has 2 rings (SSSR count). The third-order valence-corrected chi connectivity index (χ3v) is 4.01. The number of halogens is 2. The van der Waals surface area contributed by atoms with Gasteiger partial charge in [0.2, 0.25) is 0 Å². The Hall–Kier alpha value is -1.38. The number of hydrogen-bond donors (Lipinski definition) is 1. The molecule has 0 spiro atoms. The molecule has 3 heteroatoms. The smallest absolute Gasteiger partial charge is 0.142 e. The third-order valence-electron chi connectivity index (χ3n) is 3.58. The zero-order valence-electron chi connectivity index (χ0n) is 11.6. The number of rotatable bonds is 5. The maximum absolute atomic E-state index is 13.6. The fraction of sp³-hybridized carbons (Fsp3) is 0.294. The second kappa shape index (κ2) is 6.38. The Labute approximate surface area is 124 Å². The molecule has 2 aromatic carbocycles. The Morgan fingerprint density at radius 3 is 2.45 bits per heavy atom. The van der Waals surface area contributed by atoms with Crippen molar-refractivity contribution in [3.63, 3.8) is 0 Å². The lowest BCUT2D eigenvalue weighted by Gasteiger charge is -2.30. The summed E-state index contributed by atoms with van der Waals surface area (Å²) >= 11 is 6.06. The van der Waals surface area contributed by atoms with Crippen molar-refractivity contribution in [3.05, 3.63) is 70.5 Å². The van der Waals surface area contributed by atoms with Crippen LogP contribution in [0.5, 0.6) is 0 Å². The molecule has 0 aromatic heterocycles. The molecule has 0 amide bonds. The zero-order valence-corrected chi connectivity index (χ0v) is 12.3. The van der Waals surface area contributed by atoms with Crippen LogP contribution < -0.4 is 5.73 Å². The highest BCUT2D eigenvalue weighted by Crippen LogP contribution is 2.31. The van der Waals surface area contributed by atoms with Crippen molar-refractivity contribution in [2.45, 2.75) is 31.7 Å². The van der Waals surface area contributed by atoms with E-state index in [0.717, 1.165) is 24.0 Å². The van der Waals surface area contributed by atoms with Crippen molar-refractivity contribution in [1.29, 1.82) is 0 Å². The number of benzene rings is 2. The van der Waals surface area contributed by atoms with Gasteiger partial charge in [-0.2, -0.15) is 0 Å². The van der Waals surface area contributed by atoms with Crippen molar-refractivity contribution < 1.29 is 4.39 Å². The molecule has 0 saturated carbocycles. The van der Waals surface area contributed by atoms with E-state index in [1.807, 2.05) is 36.4 Å². The van der Waals surface area contributed by atoms with Crippen LogP contribution in [0.3, 0.4) is 0 Å². The second-order valence-corrected chi connectivity index (χ2v) is 5.54. The molecule has 0 radical (unpaired) electrons. The van der Waals surface area contributed by atoms with Gasteiger partial charge in [-0.3, -0.25) is 0 Å². The Balaban J connectivity index is 2.37. The molecule has 2 N–H and O–H groups in total. The van der Waals surface area contributed by atoms with Crippen LogP contribution >= 0.6 is 11.6 Å². The standard InChI is InChI=1S/C17H19ClFN/c1-2-11-17(20,14-8-4-3-5-9-14)12-13-7-6-10-15(19)16(13)18/h3-10H,2,11-12,20H2,1H3. The molecule has 0 fully saturated rings. The van der Waals surface area contributed by atoms with Gasteiger partial charge in [-0.1, -0.05) is 67.4 Å². The molecule has 0 bridgehead atoms. The third kappa shape index (κ3) is 3.20. The van der Waals surface area contributed by atoms with Crippen LogP contribution in [0.25, 0.3) is 0 Å². The predicted octanol–water partition coefficient (Wildman–Crippen LogP) is 4.68. The molecule has 0 saturated heterocycles. The van der Waals surface area contributed by atoms with E-state index < -0.39 is 11.4 Å². The Morgan fingerprint density at radius 1 is 1.10 bits per heavy atom. The van der Waals surface area contributed by atoms with Gasteiger partial charge in [0.25, 0.3) is 0 Å². The molecular weight excluding hydrogens is 273 g/mol. The summed E-state index contributed by atoms with van der Waals surface area (Å²) in [6, 6.07) is 14.8. The molecule has 1 unspecified atom stereocenters. The van der Waals surface area contributed by atoms with E-state index in [1.165, 1.54) is 6.07 Å². The summed E-state index contributed by atoms with van der Waals surface area (Å²) in [6.45, 7) is 2.09. The topological polar surface area (TPSA) is 26.0 Å². The van der Waals surface area contributed by atoms with Crippen LogP contribution in [0, 0.1) is 5.82 Å². The fourth-order valence-corrected chi connectivity index (χ4v) is 2.77. The highest BCUT2D eigenvalue weighted by molar-refractivity contribution is 6.31. The van der Waals surface area contributed by atoms with Gasteiger partial charge >= 0.3 is 0 Å². The first kappa shape index (κ1) is 15.0. The van der Waals surface area contributed by atoms with E-state index in [4.69, 9.17) is 17.3 Å². The summed E-state index contributed by atoms with van der Waals surface area (Å²) in [4.78, 5) is 0. The quantitative estimate of drug-likeness (QED) is 0.851. The first-order valence-corrected chi connectivity index (χ1v) is 7.22. The summed E-state index contributed by atoms with van der Waals surface area (Å²) < 4.78 is 13.6. The van der Waals surface area contributed by atoms with Gasteiger partial charge in [-0.05, 0) is 30.0 Å². The molecule has 1 nitrogen and oxygen atoms in total. The van der Waals surface area contributed by atoms with Gasteiger partial charge < -0.3 is 5.73 Å². The van der Waals surface area contributed by atoms with Gasteiger partial charge in [0.05, 0.1) is 5.02 Å². The van der Waals surface area contributed by atoms with E-state index in [9.17, 15) is 4.39 Å². The highest BCUT2D eigenvalue weighted by atomic mass is 35.5. The van der Waals surface area contributed by atoms with E-state index in [2.05, 4.69) is 6.92 Å². The minimum Gasteiger partial charge on any atom is -0.321 e. The average Bonchev–Trinajstić information content (AvgIpc) is 2.45. The van der Waals surface area contributed by atoms with Crippen LogP contribution in [0.4, 0.5) is 4.39 Å². The van der Waals surface area contributed by atoms with Crippen molar-refractivity contribution in [2.24, 2.45) is 5.73 Å². The Morgan fingerprint density at radius 2 is 1.80 bits per heavy atom. The van der Waals surface area contributed by atoms with Gasteiger partial charge in [0, 0.05) is 5.54 Å². The van der Waals surface area contributed by atoms with Crippen molar-refractivity contribution >= 4 is 11.6 Å². The minimum atomic E-state index is -0.520. The first-order chi connectivity index (χ1) is 9.57. The first-order valence-electron chi connectivity index (χ1n) is 6.84. The van der Waals surface area contributed by atoms with Crippen LogP contribution in [-0.2, 0) is 12.0 Å². The molecule has 20 heavy (non-hydrogen) atoms. The van der Waals surface area contributed by atoms with E-state index in [1.54, 1.807) is 6.07 Å². The van der Waals surface area contributed by atoms with Crippen molar-refractivity contribution in [1.82, 2.24) is 0 Å². The van der Waals surface area contributed by atoms with Gasteiger partial charge in [-0.15, -0.1) is 0 Å². The van der Waals surface area contributed by atoms with Crippen LogP contribution in [0.1, 0.15) is 30.9 Å². The maximum Gasteiger partial charge on any atom is 0.142 e. The molecule has 0 heterocycles. The van der Waals surface area contributed by atoms with E-state index in [-0.39, 0.29) is 5.02 Å². The fourth-order valence-electron chi connectivity index (χ4n) is 2.58. The monoisotopic (exact) mass is 291 g/mol. The average molecular weight is 292 g/mol. The van der Waals surface area contributed by atoms with E-state index in [0.29, 0.717) is 6.42 Å². The van der Waals surface area contributed by atoms with Crippen LogP contribution in [0.15, 0.2) is 48.5 Å². The molecule has 0 aliphatic carbocycles. The normalized spacial score (nSPS) is 14.0. The van der Waals surface area contributed by atoms with E-state index >= 15 is 0 Å². The molecule has 1 atom stereocenters. The summed E-state index contributed by atoms with van der Waals surface area (Å²) in [6.07, 6.45) is 2.31. The summed E-state index contributed by atoms with van der Waals surface area (Å²) in [5.74, 6) is -0.393. The van der Waals surface area contributed by atoms with Crippen molar-refractivity contribution in [2.75, 3.05) is 0 Å². The number of nitrogens with two attached hydrogens (primary N) is 1. The lowest BCUT2D eigenvalue weighted by atomic mass is 9.81. The molecule has 0 aliphatic heterocycles. The molecule has 0 aliphatic rings. The lowest BCUT2D eigenvalue weighted by Crippen LogP contribution is -2.39. The SMILES string of the molecule is CCCC(N)(Cc1cccc(F)c1Cl)c1ccccc1. The predicted molar refractivity (Wildman–Crippen MR) is 82.3 cm³/mol. The second-order valence-electron chi connectivity index (χ2n) is 5.16. The number of hydrogen-bond acceptors (Lipinski definition) is 1. The van der Waals surface area contributed by atoms with Gasteiger partial charge in [0.1, 0.15) is 5.82 Å². The van der Waals surface area contributed by atoms with Gasteiger partial charge in [0.15, 0.2) is 0 Å². The summed E-state index contributed by atoms with van der Waals surface area (Å²) in [5, 5.41) is 0.175. The Kier molecular flexibility index (Phi) is 4.79. The minimum absolute atomic E-state index is 0.175. The maximum atomic E-state index is 13.6. The highest BCUT2D eigenvalue weighted by Gasteiger charge is 2.27. The van der Waals surface area contributed by atoms with Crippen molar-refractivity contribution in [3.8, 4) is 0 Å². The van der Waals surface area contributed by atoms with Gasteiger partial charge in [-0.25, -0.2) is 4.39 Å². The Bertz CT molecular complexity index is 570. The lowest BCUT2D eigenvalue weighted by molar-refractivity contribution is 0.400. The van der Waals surface area contributed by atoms with Crippen LogP contribution in [0.2, 0.25) is 5.02 Å². The molecule has 106 valence electrons.